The molecule has 3 aromatic heterocycles. The van der Waals surface area contributed by atoms with Crippen LogP contribution in [-0.4, -0.2) is 69.7 Å². The van der Waals surface area contributed by atoms with Crippen molar-refractivity contribution in [1.82, 2.24) is 35.1 Å². The van der Waals surface area contributed by atoms with Gasteiger partial charge in [0.1, 0.15) is 17.8 Å². The minimum absolute atomic E-state index is 0.658. The molecular formula is C27H32N8O. The van der Waals surface area contributed by atoms with Crippen LogP contribution >= 0.6 is 0 Å². The van der Waals surface area contributed by atoms with Crippen molar-refractivity contribution in [2.45, 2.75) is 25.8 Å². The molecule has 1 aliphatic carbocycles. The fraction of sp³-hybridized carbons (Fsp3) is 0.407. The lowest BCUT2D eigenvalue weighted by atomic mass is 10.1. The largest absolute Gasteiger partial charge is 0.491 e. The molecule has 1 aromatic carbocycles. The second-order valence-corrected chi connectivity index (χ2v) is 9.70. The molecule has 1 saturated carbocycles. The third kappa shape index (κ3) is 5.17. The third-order valence-electron chi connectivity index (χ3n) is 6.91. The Hall–Kier alpha value is -3.56. The zero-order chi connectivity index (χ0) is 24.3. The van der Waals surface area contributed by atoms with Crippen LogP contribution in [0, 0.1) is 5.92 Å². The van der Waals surface area contributed by atoms with Gasteiger partial charge in [0.25, 0.3) is 0 Å². The number of benzene rings is 1. The monoisotopic (exact) mass is 484 g/mol. The maximum Gasteiger partial charge on any atom is 0.187 e. The Morgan fingerprint density at radius 3 is 2.81 bits per heavy atom. The summed E-state index contributed by atoms with van der Waals surface area (Å²) in [6.45, 7) is 6.15. The summed E-state index contributed by atoms with van der Waals surface area (Å²) in [4.78, 5) is 24.3. The molecular weight excluding hydrogens is 452 g/mol. The van der Waals surface area contributed by atoms with E-state index in [0.717, 1.165) is 84.8 Å². The molecule has 9 heteroatoms. The fourth-order valence-electron chi connectivity index (χ4n) is 4.78. The number of pyridine rings is 1. The second-order valence-electron chi connectivity index (χ2n) is 9.70. The quantitative estimate of drug-likeness (QED) is 0.333. The molecule has 36 heavy (non-hydrogen) atoms. The van der Waals surface area contributed by atoms with E-state index in [1.807, 2.05) is 18.3 Å². The lowest BCUT2D eigenvalue weighted by Gasteiger charge is -2.27. The van der Waals surface area contributed by atoms with Crippen LogP contribution in [0.4, 0.5) is 5.82 Å². The number of aromatic nitrogens is 5. The average molecular weight is 485 g/mol. The van der Waals surface area contributed by atoms with Crippen LogP contribution in [0.1, 0.15) is 29.9 Å². The highest BCUT2D eigenvalue weighted by Crippen LogP contribution is 2.35. The number of anilines is 1. The summed E-state index contributed by atoms with van der Waals surface area (Å²) in [7, 11) is 1.67. The first kappa shape index (κ1) is 22.9. The molecule has 0 spiro atoms. The van der Waals surface area contributed by atoms with Gasteiger partial charge < -0.3 is 20.4 Å². The number of H-pyrrole nitrogens is 1. The molecule has 1 aliphatic heterocycles. The van der Waals surface area contributed by atoms with Crippen molar-refractivity contribution < 1.29 is 4.74 Å². The lowest BCUT2D eigenvalue weighted by Crippen LogP contribution is -2.42. The maximum atomic E-state index is 5.72. The van der Waals surface area contributed by atoms with Gasteiger partial charge in [-0.25, -0.2) is 15.0 Å². The first-order valence-corrected chi connectivity index (χ1v) is 12.7. The molecule has 0 amide bonds. The molecule has 186 valence electrons. The standard InChI is InChI=1S/C27H32N8O/c1-36-26-25(31-17-32-27(26)30-15-18-2-3-18)20-4-5-22-23(13-20)34-24(33-22)14-21-12-19(6-7-29-21)16-35-10-8-28-9-11-35/h4-7,12-13,17-18,28H,2-3,8-11,14-16H2,1H3,(H,33,34)(H,30,31,32). The number of piperazine rings is 1. The van der Waals surface area contributed by atoms with E-state index in [1.54, 1.807) is 13.4 Å². The molecule has 0 bridgehead atoms. The van der Waals surface area contributed by atoms with Crippen molar-refractivity contribution in [3.8, 4) is 17.0 Å². The molecule has 0 unspecified atom stereocenters. The van der Waals surface area contributed by atoms with Crippen molar-refractivity contribution in [3.63, 3.8) is 0 Å². The number of nitrogens with one attached hydrogen (secondary N) is 3. The Morgan fingerprint density at radius 1 is 1.08 bits per heavy atom. The van der Waals surface area contributed by atoms with E-state index >= 15 is 0 Å². The maximum absolute atomic E-state index is 5.72. The molecule has 3 N–H and O–H groups in total. The van der Waals surface area contributed by atoms with Crippen molar-refractivity contribution in [2.75, 3.05) is 45.2 Å². The molecule has 9 nitrogen and oxygen atoms in total. The van der Waals surface area contributed by atoms with E-state index in [-0.39, 0.29) is 0 Å². The number of ether oxygens (including phenoxy) is 1. The molecule has 1 saturated heterocycles. The summed E-state index contributed by atoms with van der Waals surface area (Å²) in [5.41, 5.74) is 5.93. The summed E-state index contributed by atoms with van der Waals surface area (Å²) in [5, 5.41) is 6.83. The zero-order valence-corrected chi connectivity index (χ0v) is 20.6. The van der Waals surface area contributed by atoms with Crippen LogP contribution in [0.3, 0.4) is 0 Å². The Morgan fingerprint density at radius 2 is 1.97 bits per heavy atom. The Labute approximate surface area is 210 Å². The van der Waals surface area contributed by atoms with Crippen LogP contribution in [0.2, 0.25) is 0 Å². The zero-order valence-electron chi connectivity index (χ0n) is 20.6. The van der Waals surface area contributed by atoms with Gasteiger partial charge in [-0.15, -0.1) is 0 Å². The van der Waals surface area contributed by atoms with Crippen molar-refractivity contribution >= 4 is 16.9 Å². The number of fused-ring (bicyclic) bond motifs is 1. The van der Waals surface area contributed by atoms with Gasteiger partial charge >= 0.3 is 0 Å². The second kappa shape index (κ2) is 10.2. The number of rotatable bonds is 9. The average Bonchev–Trinajstić information content (AvgIpc) is 3.65. The fourth-order valence-corrected chi connectivity index (χ4v) is 4.78. The van der Waals surface area contributed by atoms with Crippen LogP contribution in [0.15, 0.2) is 42.9 Å². The van der Waals surface area contributed by atoms with E-state index in [0.29, 0.717) is 12.2 Å². The number of hydrogen-bond acceptors (Lipinski definition) is 8. The van der Waals surface area contributed by atoms with E-state index in [2.05, 4.69) is 53.7 Å². The topological polar surface area (TPSA) is 104 Å². The number of aromatic amines is 1. The molecule has 4 aromatic rings. The van der Waals surface area contributed by atoms with Gasteiger partial charge in [-0.05, 0) is 48.6 Å². The predicted octanol–water partition coefficient (Wildman–Crippen LogP) is 3.24. The Balaban J connectivity index is 1.21. The molecule has 2 aliphatic rings. The van der Waals surface area contributed by atoms with Gasteiger partial charge in [0.05, 0.1) is 18.1 Å². The minimum Gasteiger partial charge on any atom is -0.491 e. The molecule has 0 radical (unpaired) electrons. The van der Waals surface area contributed by atoms with Gasteiger partial charge in [0.15, 0.2) is 11.6 Å². The first-order valence-electron chi connectivity index (χ1n) is 12.7. The van der Waals surface area contributed by atoms with Gasteiger partial charge in [-0.2, -0.15) is 0 Å². The van der Waals surface area contributed by atoms with Crippen LogP contribution in [0.5, 0.6) is 5.75 Å². The van der Waals surface area contributed by atoms with Crippen LogP contribution in [0.25, 0.3) is 22.3 Å². The Bertz CT molecular complexity index is 1340. The summed E-state index contributed by atoms with van der Waals surface area (Å²) in [5.74, 6) is 3.05. The van der Waals surface area contributed by atoms with Gasteiger partial charge in [0.2, 0.25) is 0 Å². The van der Waals surface area contributed by atoms with Gasteiger partial charge in [-0.3, -0.25) is 9.88 Å². The molecule has 6 rings (SSSR count). The predicted molar refractivity (Wildman–Crippen MR) is 140 cm³/mol. The molecule has 0 atom stereocenters. The summed E-state index contributed by atoms with van der Waals surface area (Å²) in [6, 6.07) is 10.4. The lowest BCUT2D eigenvalue weighted by molar-refractivity contribution is 0.233. The minimum atomic E-state index is 0.658. The van der Waals surface area contributed by atoms with Crippen LogP contribution in [-0.2, 0) is 13.0 Å². The summed E-state index contributed by atoms with van der Waals surface area (Å²) < 4.78 is 5.72. The number of methoxy groups -OCH3 is 1. The van der Waals surface area contributed by atoms with E-state index in [1.165, 1.54) is 18.4 Å². The normalized spacial score (nSPS) is 16.4. The van der Waals surface area contributed by atoms with E-state index in [4.69, 9.17) is 9.72 Å². The van der Waals surface area contributed by atoms with Crippen LogP contribution < -0.4 is 15.4 Å². The Kier molecular flexibility index (Phi) is 6.48. The van der Waals surface area contributed by atoms with Crippen molar-refractivity contribution in [2.24, 2.45) is 5.92 Å². The summed E-state index contributed by atoms with van der Waals surface area (Å²) >= 11 is 0. The number of imidazole rings is 1. The van der Waals surface area contributed by atoms with Crippen molar-refractivity contribution in [1.29, 1.82) is 0 Å². The highest BCUT2D eigenvalue weighted by atomic mass is 16.5. The van der Waals surface area contributed by atoms with E-state index < -0.39 is 0 Å². The molecule has 2 fully saturated rings. The first-order chi connectivity index (χ1) is 17.7. The number of nitrogens with zero attached hydrogens (tertiary/aromatic N) is 5. The highest BCUT2D eigenvalue weighted by Gasteiger charge is 2.22. The van der Waals surface area contributed by atoms with Gasteiger partial charge in [-0.1, -0.05) is 6.07 Å². The molecule has 4 heterocycles. The third-order valence-corrected chi connectivity index (χ3v) is 6.91. The SMILES string of the molecule is COc1c(NCC2CC2)ncnc1-c1ccc2nc(Cc3cc(CN4CCNCC4)ccn3)[nH]c2c1. The smallest absolute Gasteiger partial charge is 0.187 e. The number of hydrogen-bond donors (Lipinski definition) is 3. The van der Waals surface area contributed by atoms with Gasteiger partial charge in [0, 0.05) is 63.1 Å². The summed E-state index contributed by atoms with van der Waals surface area (Å²) in [6.07, 6.45) is 6.72. The van der Waals surface area contributed by atoms with E-state index in [9.17, 15) is 0 Å². The highest BCUT2D eigenvalue weighted by molar-refractivity contribution is 5.83. The van der Waals surface area contributed by atoms with Crippen molar-refractivity contribution in [3.05, 3.63) is 59.9 Å².